The van der Waals surface area contributed by atoms with Gasteiger partial charge in [0.2, 0.25) is 0 Å². The van der Waals surface area contributed by atoms with Gasteiger partial charge in [-0.25, -0.2) is 0 Å². The Bertz CT molecular complexity index is 1370. The molecule has 38 heavy (non-hydrogen) atoms. The van der Waals surface area contributed by atoms with Gasteiger partial charge in [-0.05, 0) is 87.2 Å². The number of ether oxygens (including phenoxy) is 1. The predicted octanol–water partition coefficient (Wildman–Crippen LogP) is 3.53. The number of hydrogen-bond acceptors (Lipinski definition) is 5. The topological polar surface area (TPSA) is 73.2 Å². The summed E-state index contributed by atoms with van der Waals surface area (Å²) in [5, 5.41) is 23.6. The number of phenolic OH excluding ortho intramolecular Hbond substituents is 1. The van der Waals surface area contributed by atoms with Gasteiger partial charge >= 0.3 is 0 Å². The van der Waals surface area contributed by atoms with Crippen molar-refractivity contribution in [1.82, 2.24) is 9.80 Å². The zero-order valence-corrected chi connectivity index (χ0v) is 22.2. The minimum Gasteiger partial charge on any atom is -0.504 e. The van der Waals surface area contributed by atoms with Gasteiger partial charge in [-0.15, -0.1) is 0 Å². The Morgan fingerprint density at radius 1 is 1.21 bits per heavy atom. The third-order valence-corrected chi connectivity index (χ3v) is 10.2. The Labute approximate surface area is 224 Å². The minimum absolute atomic E-state index is 0.0202. The van der Waals surface area contributed by atoms with Crippen LogP contribution in [0.2, 0.25) is 0 Å². The standard InChI is InChI=1S/C32H36N2O4/c1-20-4-3-5-21(16-20)8-11-28(36)33(2)24-12-13-32(37)26-17-23-9-10-25(35)30-29(23)31(32,27(18-24)38-30)14-15-34(26)19-22-6-7-22/h3-5,9-10,16,22,24,26-27,35,37H,6-7,12-15,17-19H2,1-2H3/t24-,26+,27+,31-,32-/m1/s1. The van der Waals surface area contributed by atoms with Gasteiger partial charge < -0.3 is 19.8 Å². The largest absolute Gasteiger partial charge is 0.504 e. The highest BCUT2D eigenvalue weighted by Crippen LogP contribution is 2.65. The smallest absolute Gasteiger partial charge is 0.298 e. The molecule has 7 rings (SSSR count). The summed E-state index contributed by atoms with van der Waals surface area (Å²) in [5.74, 6) is 7.09. The molecule has 5 atom stereocenters. The molecule has 5 aliphatic rings. The molecule has 1 amide bonds. The fourth-order valence-electron chi connectivity index (χ4n) is 8.07. The number of rotatable bonds is 3. The van der Waals surface area contributed by atoms with Crippen LogP contribution in [0.1, 0.15) is 60.8 Å². The van der Waals surface area contributed by atoms with Crippen LogP contribution < -0.4 is 4.74 Å². The average Bonchev–Trinajstić information content (AvgIpc) is 3.67. The zero-order chi connectivity index (χ0) is 26.2. The fraction of sp³-hybridized carbons (Fsp3) is 0.531. The lowest BCUT2D eigenvalue weighted by Crippen LogP contribution is -2.73. The van der Waals surface area contributed by atoms with Gasteiger partial charge in [0.25, 0.3) is 5.91 Å². The molecule has 0 aromatic heterocycles. The third kappa shape index (κ3) is 3.45. The first-order valence-corrected chi connectivity index (χ1v) is 14.1. The predicted molar refractivity (Wildman–Crippen MR) is 144 cm³/mol. The lowest BCUT2D eigenvalue weighted by molar-refractivity contribution is -0.165. The number of aromatic hydroxyl groups is 1. The molecule has 2 N–H and O–H groups in total. The first kappa shape index (κ1) is 24.1. The van der Waals surface area contributed by atoms with E-state index in [1.165, 1.54) is 18.4 Å². The van der Waals surface area contributed by atoms with Crippen LogP contribution in [0.25, 0.3) is 0 Å². The normalized spacial score (nSPS) is 32.9. The highest BCUT2D eigenvalue weighted by atomic mass is 16.5. The first-order chi connectivity index (χ1) is 18.3. The number of carbonyl (C=O) groups is 1. The molecule has 2 heterocycles. The summed E-state index contributed by atoms with van der Waals surface area (Å²) in [4.78, 5) is 17.5. The number of hydrogen-bond donors (Lipinski definition) is 2. The number of nitrogens with zero attached hydrogens (tertiary/aromatic N) is 2. The maximum Gasteiger partial charge on any atom is 0.298 e. The molecule has 0 unspecified atom stereocenters. The van der Waals surface area contributed by atoms with Crippen molar-refractivity contribution in [2.75, 3.05) is 20.1 Å². The summed E-state index contributed by atoms with van der Waals surface area (Å²) in [7, 11) is 1.82. The number of aliphatic hydroxyl groups is 1. The van der Waals surface area contributed by atoms with Crippen LogP contribution in [0.5, 0.6) is 11.5 Å². The van der Waals surface area contributed by atoms with Crippen molar-refractivity contribution >= 4 is 5.91 Å². The molecule has 6 nitrogen and oxygen atoms in total. The second-order valence-corrected chi connectivity index (χ2v) is 12.3. The molecule has 2 bridgehead atoms. The van der Waals surface area contributed by atoms with Crippen molar-refractivity contribution in [3.05, 3.63) is 58.7 Å². The summed E-state index contributed by atoms with van der Waals surface area (Å²) in [6, 6.07) is 11.5. The molecular weight excluding hydrogens is 476 g/mol. The van der Waals surface area contributed by atoms with E-state index >= 15 is 0 Å². The second kappa shape index (κ2) is 8.49. The Balaban J connectivity index is 1.23. The van der Waals surface area contributed by atoms with Crippen molar-refractivity contribution in [2.24, 2.45) is 5.92 Å². The number of aryl methyl sites for hydroxylation is 1. The number of amides is 1. The Morgan fingerprint density at radius 3 is 2.84 bits per heavy atom. The third-order valence-electron chi connectivity index (χ3n) is 10.2. The number of benzene rings is 2. The van der Waals surface area contributed by atoms with Gasteiger partial charge in [-0.2, -0.15) is 0 Å². The van der Waals surface area contributed by atoms with Crippen LogP contribution in [0.4, 0.5) is 0 Å². The van der Waals surface area contributed by atoms with Crippen molar-refractivity contribution in [2.45, 2.75) is 81.1 Å². The van der Waals surface area contributed by atoms with Crippen LogP contribution in [-0.2, 0) is 16.6 Å². The van der Waals surface area contributed by atoms with Gasteiger partial charge in [0.05, 0.1) is 11.0 Å². The SMILES string of the molecule is Cc1cccc(C#CC(=O)N(C)[C@@H]2CC[C@@]3(O)[C@@H]4Cc5ccc(O)c6c5[C@@]3(CCN4CC3CC3)[C@H](C2)O6)c1. The lowest BCUT2D eigenvalue weighted by atomic mass is 9.52. The van der Waals surface area contributed by atoms with E-state index in [0.717, 1.165) is 48.5 Å². The molecule has 0 radical (unpaired) electrons. The second-order valence-electron chi connectivity index (χ2n) is 12.3. The van der Waals surface area contributed by atoms with E-state index < -0.39 is 11.0 Å². The first-order valence-electron chi connectivity index (χ1n) is 14.1. The monoisotopic (exact) mass is 512 g/mol. The van der Waals surface area contributed by atoms with E-state index in [-0.39, 0.29) is 29.8 Å². The molecule has 2 aromatic rings. The van der Waals surface area contributed by atoms with E-state index in [2.05, 4.69) is 16.7 Å². The summed E-state index contributed by atoms with van der Waals surface area (Å²) in [6.07, 6.45) is 5.75. The Morgan fingerprint density at radius 2 is 2.05 bits per heavy atom. The molecule has 198 valence electrons. The van der Waals surface area contributed by atoms with Gasteiger partial charge in [-0.1, -0.05) is 24.1 Å². The average molecular weight is 513 g/mol. The maximum atomic E-state index is 13.2. The van der Waals surface area contributed by atoms with Gasteiger partial charge in [0, 0.05) is 49.1 Å². The molecule has 3 fully saturated rings. The summed E-state index contributed by atoms with van der Waals surface area (Å²) in [6.45, 7) is 3.99. The summed E-state index contributed by atoms with van der Waals surface area (Å²) < 4.78 is 6.58. The zero-order valence-electron chi connectivity index (χ0n) is 22.2. The van der Waals surface area contributed by atoms with Crippen LogP contribution in [0.15, 0.2) is 36.4 Å². The Hall–Kier alpha value is -3.01. The van der Waals surface area contributed by atoms with Crippen molar-refractivity contribution in [3.63, 3.8) is 0 Å². The number of phenols is 1. The summed E-state index contributed by atoms with van der Waals surface area (Å²) >= 11 is 0. The van der Waals surface area contributed by atoms with E-state index in [9.17, 15) is 15.0 Å². The van der Waals surface area contributed by atoms with Crippen LogP contribution >= 0.6 is 0 Å². The van der Waals surface area contributed by atoms with E-state index in [0.29, 0.717) is 25.0 Å². The van der Waals surface area contributed by atoms with Gasteiger partial charge in [0.1, 0.15) is 6.10 Å². The molecule has 6 heteroatoms. The van der Waals surface area contributed by atoms with Crippen LogP contribution in [0, 0.1) is 24.7 Å². The minimum atomic E-state index is -0.970. The number of carbonyl (C=O) groups excluding carboxylic acids is 1. The van der Waals surface area contributed by atoms with Crippen LogP contribution in [-0.4, -0.2) is 69.8 Å². The highest BCUT2D eigenvalue weighted by molar-refractivity contribution is 5.94. The molecular formula is C32H36N2O4. The van der Waals surface area contributed by atoms with Gasteiger partial charge in [0.15, 0.2) is 11.5 Å². The quantitative estimate of drug-likeness (QED) is 0.616. The molecule has 2 saturated carbocycles. The van der Waals surface area contributed by atoms with E-state index in [4.69, 9.17) is 4.74 Å². The molecule has 3 aliphatic carbocycles. The molecule has 1 saturated heterocycles. The molecule has 2 aliphatic heterocycles. The van der Waals surface area contributed by atoms with Crippen molar-refractivity contribution in [3.8, 4) is 23.3 Å². The number of likely N-dealkylation sites (tertiary alicyclic amines) is 1. The number of piperidine rings is 1. The van der Waals surface area contributed by atoms with Gasteiger partial charge in [-0.3, -0.25) is 9.69 Å². The van der Waals surface area contributed by atoms with Crippen molar-refractivity contribution < 1.29 is 19.7 Å². The lowest BCUT2D eigenvalue weighted by Gasteiger charge is -2.60. The van der Waals surface area contributed by atoms with E-state index in [1.807, 2.05) is 44.3 Å². The van der Waals surface area contributed by atoms with E-state index in [1.54, 1.807) is 11.0 Å². The maximum absolute atomic E-state index is 13.2. The Kier molecular flexibility index (Phi) is 5.38. The van der Waals surface area contributed by atoms with Crippen molar-refractivity contribution in [1.29, 1.82) is 0 Å². The highest BCUT2D eigenvalue weighted by Gasteiger charge is 2.71. The van der Waals surface area contributed by atoms with Crippen LogP contribution in [0.3, 0.4) is 0 Å². The molecule has 2 aromatic carbocycles. The summed E-state index contributed by atoms with van der Waals surface area (Å²) in [5.41, 5.74) is 2.63. The molecule has 1 spiro atoms. The fourth-order valence-corrected chi connectivity index (χ4v) is 8.07.